The van der Waals surface area contributed by atoms with Gasteiger partial charge in [0.25, 0.3) is 0 Å². The monoisotopic (exact) mass is 392 g/mol. The number of morpholine rings is 1. The summed E-state index contributed by atoms with van der Waals surface area (Å²) in [6.45, 7) is 5.27. The molecule has 3 rings (SSSR count). The maximum absolute atomic E-state index is 12.7. The van der Waals surface area contributed by atoms with E-state index < -0.39 is 10.0 Å². The molecular weight excluding hydrogens is 371 g/mol. The fourth-order valence-electron chi connectivity index (χ4n) is 3.37. The molecule has 1 aliphatic carbocycles. The Hall–Kier alpha value is -0.370. The number of sulfonamides is 1. The predicted molar refractivity (Wildman–Crippen MR) is 95.4 cm³/mol. The molecular formula is C16H22Cl2N2O3S. The average Bonchev–Trinajstić information content (AvgIpc) is 2.50. The van der Waals surface area contributed by atoms with E-state index in [0.717, 1.165) is 32.4 Å². The van der Waals surface area contributed by atoms with Gasteiger partial charge in [0.15, 0.2) is 0 Å². The van der Waals surface area contributed by atoms with Crippen molar-refractivity contribution in [1.29, 1.82) is 0 Å². The van der Waals surface area contributed by atoms with Crippen molar-refractivity contribution >= 4 is 33.2 Å². The van der Waals surface area contributed by atoms with E-state index >= 15 is 0 Å². The number of nitrogens with zero attached hydrogens (tertiary/aromatic N) is 1. The molecule has 1 saturated carbocycles. The van der Waals surface area contributed by atoms with E-state index in [4.69, 9.17) is 27.9 Å². The van der Waals surface area contributed by atoms with Gasteiger partial charge >= 0.3 is 0 Å². The molecule has 0 atom stereocenters. The summed E-state index contributed by atoms with van der Waals surface area (Å²) in [7, 11) is -3.68. The molecule has 1 aromatic rings. The summed E-state index contributed by atoms with van der Waals surface area (Å²) in [6, 6.07) is 3.00. The number of aryl methyl sites for hydroxylation is 1. The molecule has 0 radical (unpaired) electrons. The average molecular weight is 393 g/mol. The van der Waals surface area contributed by atoms with Crippen LogP contribution >= 0.6 is 23.2 Å². The quantitative estimate of drug-likeness (QED) is 0.836. The molecule has 1 aliphatic heterocycles. The zero-order chi connectivity index (χ0) is 17.4. The summed E-state index contributed by atoms with van der Waals surface area (Å²) >= 11 is 12.1. The number of halogens is 2. The minimum absolute atomic E-state index is 0.0857. The van der Waals surface area contributed by atoms with Crippen molar-refractivity contribution < 1.29 is 13.2 Å². The smallest absolute Gasteiger partial charge is 0.242 e. The Morgan fingerprint density at radius 2 is 1.88 bits per heavy atom. The molecule has 1 heterocycles. The lowest BCUT2D eigenvalue weighted by Crippen LogP contribution is -2.62. The summed E-state index contributed by atoms with van der Waals surface area (Å²) in [5, 5.41) is 0.606. The number of rotatable bonds is 5. The van der Waals surface area contributed by atoms with Crippen molar-refractivity contribution in [3.8, 4) is 0 Å². The molecule has 2 fully saturated rings. The highest BCUT2D eigenvalue weighted by molar-refractivity contribution is 7.89. The largest absolute Gasteiger partial charge is 0.379 e. The lowest BCUT2D eigenvalue weighted by Gasteiger charge is -2.51. The Morgan fingerprint density at radius 3 is 2.46 bits per heavy atom. The summed E-state index contributed by atoms with van der Waals surface area (Å²) < 4.78 is 33.6. The maximum Gasteiger partial charge on any atom is 0.242 e. The van der Waals surface area contributed by atoms with Gasteiger partial charge in [-0.2, -0.15) is 0 Å². The van der Waals surface area contributed by atoms with Crippen molar-refractivity contribution in [2.24, 2.45) is 0 Å². The van der Waals surface area contributed by atoms with Crippen LogP contribution in [0, 0.1) is 6.92 Å². The Kier molecular flexibility index (Phi) is 5.45. The van der Waals surface area contributed by atoms with Crippen molar-refractivity contribution in [2.45, 2.75) is 36.6 Å². The Bertz CT molecular complexity index is 714. The molecule has 8 heteroatoms. The zero-order valence-corrected chi connectivity index (χ0v) is 16.0. The summed E-state index contributed by atoms with van der Waals surface area (Å²) in [6.07, 6.45) is 3.13. The maximum atomic E-state index is 12.7. The molecule has 0 unspecified atom stereocenters. The standard InChI is InChI=1S/C16H22Cl2N2O3S/c1-12-9-15(14(18)10-13(12)17)24(21,22)19-11-16(3-2-4-16)20-5-7-23-8-6-20/h9-10,19H,2-8,11H2,1H3. The van der Waals surface area contributed by atoms with Crippen molar-refractivity contribution in [1.82, 2.24) is 9.62 Å². The number of hydrogen-bond donors (Lipinski definition) is 1. The van der Waals surface area contributed by atoms with Crippen LogP contribution in [0.15, 0.2) is 17.0 Å². The SMILES string of the molecule is Cc1cc(S(=O)(=O)NCC2(N3CCOCC3)CCC2)c(Cl)cc1Cl. The molecule has 134 valence electrons. The Labute approximate surface area is 153 Å². The number of ether oxygens (including phenoxy) is 1. The van der Waals surface area contributed by atoms with Gasteiger partial charge in [-0.1, -0.05) is 23.2 Å². The van der Waals surface area contributed by atoms with Crippen molar-refractivity contribution in [2.75, 3.05) is 32.8 Å². The van der Waals surface area contributed by atoms with Gasteiger partial charge in [-0.25, -0.2) is 13.1 Å². The van der Waals surface area contributed by atoms with E-state index in [1.54, 1.807) is 6.92 Å². The van der Waals surface area contributed by atoms with Crippen LogP contribution in [-0.2, 0) is 14.8 Å². The molecule has 0 spiro atoms. The summed E-state index contributed by atoms with van der Waals surface area (Å²) in [5.41, 5.74) is 0.595. The summed E-state index contributed by atoms with van der Waals surface area (Å²) in [4.78, 5) is 2.44. The lowest BCUT2D eigenvalue weighted by molar-refractivity contribution is -0.0527. The highest BCUT2D eigenvalue weighted by Crippen LogP contribution is 2.38. The molecule has 5 nitrogen and oxygen atoms in total. The van der Waals surface area contributed by atoms with E-state index in [1.807, 2.05) is 0 Å². The third-order valence-corrected chi connectivity index (χ3v) is 7.33. The second kappa shape index (κ2) is 7.09. The van der Waals surface area contributed by atoms with Crippen LogP contribution in [-0.4, -0.2) is 51.7 Å². The lowest BCUT2D eigenvalue weighted by atomic mass is 9.75. The van der Waals surface area contributed by atoms with Crippen molar-refractivity contribution in [3.63, 3.8) is 0 Å². The minimum atomic E-state index is -3.68. The third-order valence-electron chi connectivity index (χ3n) is 5.06. The number of benzene rings is 1. The fourth-order valence-corrected chi connectivity index (χ4v) is 5.32. The zero-order valence-electron chi connectivity index (χ0n) is 13.6. The molecule has 0 bridgehead atoms. The Balaban J connectivity index is 1.76. The van der Waals surface area contributed by atoms with E-state index in [9.17, 15) is 8.42 Å². The van der Waals surface area contributed by atoms with Crippen LogP contribution in [0.1, 0.15) is 24.8 Å². The van der Waals surface area contributed by atoms with Crippen LogP contribution in [0.5, 0.6) is 0 Å². The Morgan fingerprint density at radius 1 is 1.21 bits per heavy atom. The highest BCUT2D eigenvalue weighted by atomic mass is 35.5. The fraction of sp³-hybridized carbons (Fsp3) is 0.625. The second-order valence-electron chi connectivity index (χ2n) is 6.53. The topological polar surface area (TPSA) is 58.6 Å². The number of hydrogen-bond acceptors (Lipinski definition) is 4. The van der Waals surface area contributed by atoms with Gasteiger partial charge in [0.2, 0.25) is 10.0 Å². The van der Waals surface area contributed by atoms with Gasteiger partial charge in [-0.05, 0) is 43.9 Å². The van der Waals surface area contributed by atoms with E-state index in [1.165, 1.54) is 12.1 Å². The molecule has 24 heavy (non-hydrogen) atoms. The first kappa shape index (κ1) is 18.4. The molecule has 0 aromatic heterocycles. The van der Waals surface area contributed by atoms with Crippen LogP contribution in [0.2, 0.25) is 10.0 Å². The van der Waals surface area contributed by atoms with Crippen LogP contribution in [0.25, 0.3) is 0 Å². The number of nitrogens with one attached hydrogen (secondary N) is 1. The molecule has 2 aliphatic rings. The first-order valence-corrected chi connectivity index (χ1v) is 10.4. The molecule has 0 amide bonds. The van der Waals surface area contributed by atoms with E-state index in [0.29, 0.717) is 30.3 Å². The third kappa shape index (κ3) is 3.59. The minimum Gasteiger partial charge on any atom is -0.379 e. The predicted octanol–water partition coefficient (Wildman–Crippen LogP) is 2.84. The van der Waals surface area contributed by atoms with Crippen LogP contribution in [0.4, 0.5) is 0 Å². The summed E-state index contributed by atoms with van der Waals surface area (Å²) in [5.74, 6) is 0. The molecule has 1 N–H and O–H groups in total. The van der Waals surface area contributed by atoms with Gasteiger partial charge in [-0.3, -0.25) is 4.90 Å². The van der Waals surface area contributed by atoms with Crippen LogP contribution in [0.3, 0.4) is 0 Å². The highest BCUT2D eigenvalue weighted by Gasteiger charge is 2.43. The first-order valence-electron chi connectivity index (χ1n) is 8.12. The van der Waals surface area contributed by atoms with E-state index in [2.05, 4.69) is 9.62 Å². The van der Waals surface area contributed by atoms with Gasteiger partial charge in [0.1, 0.15) is 4.90 Å². The van der Waals surface area contributed by atoms with Crippen molar-refractivity contribution in [3.05, 3.63) is 27.7 Å². The molecule has 1 saturated heterocycles. The van der Waals surface area contributed by atoms with Gasteiger partial charge < -0.3 is 4.74 Å². The van der Waals surface area contributed by atoms with Crippen LogP contribution < -0.4 is 4.72 Å². The van der Waals surface area contributed by atoms with E-state index in [-0.39, 0.29) is 15.5 Å². The second-order valence-corrected chi connectivity index (χ2v) is 9.08. The van der Waals surface area contributed by atoms with Gasteiger partial charge in [-0.15, -0.1) is 0 Å². The normalized spacial score (nSPS) is 21.5. The van der Waals surface area contributed by atoms with Gasteiger partial charge in [0.05, 0.1) is 18.2 Å². The van der Waals surface area contributed by atoms with Gasteiger partial charge in [0, 0.05) is 30.2 Å². The molecule has 1 aromatic carbocycles. The first-order chi connectivity index (χ1) is 11.3.